The summed E-state index contributed by atoms with van der Waals surface area (Å²) >= 11 is 7.36. The Bertz CT molecular complexity index is 393. The molecule has 2 nitrogen and oxygen atoms in total. The van der Waals surface area contributed by atoms with Crippen LogP contribution in [0.4, 0.5) is 0 Å². The van der Waals surface area contributed by atoms with Crippen molar-refractivity contribution in [2.75, 3.05) is 0 Å². The van der Waals surface area contributed by atoms with Crippen LogP contribution in [-0.2, 0) is 0 Å². The quantitative estimate of drug-likeness (QED) is 0.855. The zero-order valence-electron chi connectivity index (χ0n) is 7.53. The van der Waals surface area contributed by atoms with E-state index < -0.39 is 6.10 Å². The van der Waals surface area contributed by atoms with E-state index in [4.69, 9.17) is 16.0 Å². The minimum absolute atomic E-state index is 0.600. The molecule has 1 N–H and O–H groups in total. The lowest BCUT2D eigenvalue weighted by Crippen LogP contribution is -1.97. The van der Waals surface area contributed by atoms with Gasteiger partial charge in [0.25, 0.3) is 0 Å². The summed E-state index contributed by atoms with van der Waals surface area (Å²) in [6.07, 6.45) is 0.885. The van der Waals surface area contributed by atoms with E-state index in [0.29, 0.717) is 5.02 Å². The van der Waals surface area contributed by atoms with E-state index in [-0.39, 0.29) is 0 Å². The monoisotopic (exact) mass is 228 g/mol. The molecule has 1 unspecified atom stereocenters. The van der Waals surface area contributed by atoms with Crippen LogP contribution >= 0.6 is 22.9 Å². The van der Waals surface area contributed by atoms with Gasteiger partial charge in [0.15, 0.2) is 0 Å². The first-order chi connectivity index (χ1) is 6.70. The van der Waals surface area contributed by atoms with Crippen molar-refractivity contribution in [3.05, 3.63) is 45.0 Å². The highest BCUT2D eigenvalue weighted by Crippen LogP contribution is 2.34. The van der Waals surface area contributed by atoms with E-state index in [1.165, 1.54) is 11.3 Å². The number of hydrogen-bond donors (Lipinski definition) is 1. The van der Waals surface area contributed by atoms with Gasteiger partial charge in [0.1, 0.15) is 11.9 Å². The molecule has 74 valence electrons. The van der Waals surface area contributed by atoms with Crippen LogP contribution in [0.2, 0.25) is 5.02 Å². The molecule has 0 saturated carbocycles. The second-order valence-corrected chi connectivity index (χ2v) is 4.32. The standard InChI is InChI=1S/C10H9ClO2S/c1-6-7(2-4-13-6)9(12)10-8(11)3-5-14-10/h2-5,9,12H,1H3. The van der Waals surface area contributed by atoms with E-state index in [1.807, 2.05) is 12.3 Å². The van der Waals surface area contributed by atoms with Crippen LogP contribution in [-0.4, -0.2) is 5.11 Å². The van der Waals surface area contributed by atoms with E-state index >= 15 is 0 Å². The van der Waals surface area contributed by atoms with Crippen molar-refractivity contribution in [1.82, 2.24) is 0 Å². The summed E-state index contributed by atoms with van der Waals surface area (Å²) in [5, 5.41) is 12.5. The van der Waals surface area contributed by atoms with Crippen molar-refractivity contribution < 1.29 is 9.52 Å². The highest BCUT2D eigenvalue weighted by Gasteiger charge is 2.18. The Morgan fingerprint density at radius 3 is 2.79 bits per heavy atom. The van der Waals surface area contributed by atoms with Gasteiger partial charge in [-0.05, 0) is 24.4 Å². The molecule has 0 aliphatic rings. The minimum Gasteiger partial charge on any atom is -0.469 e. The maximum absolute atomic E-state index is 10.00. The molecular formula is C10H9ClO2S. The Labute approximate surface area is 90.8 Å². The molecule has 0 bridgehead atoms. The number of aliphatic hydroxyl groups excluding tert-OH is 1. The molecule has 0 amide bonds. The molecule has 0 radical (unpaired) electrons. The van der Waals surface area contributed by atoms with Gasteiger partial charge in [-0.3, -0.25) is 0 Å². The summed E-state index contributed by atoms with van der Waals surface area (Å²) < 4.78 is 5.13. The summed E-state index contributed by atoms with van der Waals surface area (Å²) in [6.45, 7) is 1.82. The molecule has 0 aromatic carbocycles. The van der Waals surface area contributed by atoms with Crippen LogP contribution in [0.5, 0.6) is 0 Å². The number of aryl methyl sites for hydroxylation is 1. The van der Waals surface area contributed by atoms with Gasteiger partial charge in [-0.25, -0.2) is 0 Å². The third-order valence-corrected chi connectivity index (χ3v) is 3.50. The molecular weight excluding hydrogens is 220 g/mol. The van der Waals surface area contributed by atoms with E-state index in [2.05, 4.69) is 0 Å². The summed E-state index contributed by atoms with van der Waals surface area (Å²) in [4.78, 5) is 0.760. The number of halogens is 1. The first kappa shape index (κ1) is 9.77. The lowest BCUT2D eigenvalue weighted by molar-refractivity contribution is 0.222. The summed E-state index contributed by atoms with van der Waals surface area (Å²) in [5.41, 5.74) is 0.773. The van der Waals surface area contributed by atoms with Gasteiger partial charge in [0.2, 0.25) is 0 Å². The van der Waals surface area contributed by atoms with Crippen LogP contribution in [0, 0.1) is 6.92 Å². The van der Waals surface area contributed by atoms with Gasteiger partial charge in [0, 0.05) is 5.56 Å². The van der Waals surface area contributed by atoms with Crippen molar-refractivity contribution in [3.8, 4) is 0 Å². The fourth-order valence-electron chi connectivity index (χ4n) is 1.32. The van der Waals surface area contributed by atoms with Gasteiger partial charge in [0.05, 0.1) is 16.2 Å². The van der Waals surface area contributed by atoms with E-state index in [0.717, 1.165) is 16.2 Å². The Morgan fingerprint density at radius 2 is 2.29 bits per heavy atom. The Balaban J connectivity index is 2.38. The molecule has 0 fully saturated rings. The lowest BCUT2D eigenvalue weighted by atomic mass is 10.1. The largest absolute Gasteiger partial charge is 0.469 e. The number of thiophene rings is 1. The predicted octanol–water partition coefficient (Wildman–Crippen LogP) is 3.38. The first-order valence-corrected chi connectivity index (χ1v) is 5.41. The van der Waals surface area contributed by atoms with E-state index in [9.17, 15) is 5.11 Å². The van der Waals surface area contributed by atoms with Gasteiger partial charge in [-0.15, -0.1) is 11.3 Å². The van der Waals surface area contributed by atoms with Crippen molar-refractivity contribution >= 4 is 22.9 Å². The van der Waals surface area contributed by atoms with Crippen LogP contribution in [0.15, 0.2) is 28.2 Å². The Morgan fingerprint density at radius 1 is 1.50 bits per heavy atom. The van der Waals surface area contributed by atoms with Crippen molar-refractivity contribution in [2.24, 2.45) is 0 Å². The second-order valence-electron chi connectivity index (χ2n) is 2.97. The molecule has 2 aromatic rings. The minimum atomic E-state index is -0.679. The van der Waals surface area contributed by atoms with Crippen LogP contribution in [0.3, 0.4) is 0 Å². The number of furan rings is 1. The molecule has 14 heavy (non-hydrogen) atoms. The van der Waals surface area contributed by atoms with Crippen molar-refractivity contribution in [1.29, 1.82) is 0 Å². The fourth-order valence-corrected chi connectivity index (χ4v) is 2.48. The summed E-state index contributed by atoms with van der Waals surface area (Å²) in [7, 11) is 0. The molecule has 2 heterocycles. The molecule has 0 aliphatic carbocycles. The molecule has 1 atom stereocenters. The van der Waals surface area contributed by atoms with Gasteiger partial charge >= 0.3 is 0 Å². The SMILES string of the molecule is Cc1occc1C(O)c1sccc1Cl. The van der Waals surface area contributed by atoms with E-state index in [1.54, 1.807) is 18.4 Å². The molecule has 4 heteroatoms. The highest BCUT2D eigenvalue weighted by atomic mass is 35.5. The number of rotatable bonds is 2. The molecule has 2 aromatic heterocycles. The Hall–Kier alpha value is -0.770. The van der Waals surface area contributed by atoms with Gasteiger partial charge < -0.3 is 9.52 Å². The second kappa shape index (κ2) is 3.77. The number of hydrogen-bond acceptors (Lipinski definition) is 3. The first-order valence-electron chi connectivity index (χ1n) is 4.15. The zero-order valence-corrected chi connectivity index (χ0v) is 9.10. The third kappa shape index (κ3) is 1.59. The average molecular weight is 229 g/mol. The molecule has 2 rings (SSSR count). The molecule has 0 spiro atoms. The van der Waals surface area contributed by atoms with Gasteiger partial charge in [-0.1, -0.05) is 11.6 Å². The fraction of sp³-hybridized carbons (Fsp3) is 0.200. The zero-order chi connectivity index (χ0) is 10.1. The highest BCUT2D eigenvalue weighted by molar-refractivity contribution is 7.10. The van der Waals surface area contributed by atoms with Crippen LogP contribution in [0.25, 0.3) is 0 Å². The van der Waals surface area contributed by atoms with Gasteiger partial charge in [-0.2, -0.15) is 0 Å². The smallest absolute Gasteiger partial charge is 0.118 e. The molecule has 0 saturated heterocycles. The molecule has 0 aliphatic heterocycles. The third-order valence-electron chi connectivity index (χ3n) is 2.09. The average Bonchev–Trinajstić information content (AvgIpc) is 2.73. The maximum Gasteiger partial charge on any atom is 0.118 e. The van der Waals surface area contributed by atoms with Crippen molar-refractivity contribution in [3.63, 3.8) is 0 Å². The summed E-state index contributed by atoms with van der Waals surface area (Å²) in [5.74, 6) is 0.724. The topological polar surface area (TPSA) is 33.4 Å². The van der Waals surface area contributed by atoms with Crippen LogP contribution < -0.4 is 0 Å². The van der Waals surface area contributed by atoms with Crippen LogP contribution in [0.1, 0.15) is 22.3 Å². The Kier molecular flexibility index (Phi) is 2.63. The summed E-state index contributed by atoms with van der Waals surface area (Å²) in [6, 6.07) is 3.54. The normalized spacial score (nSPS) is 13.1. The van der Waals surface area contributed by atoms with Crippen molar-refractivity contribution in [2.45, 2.75) is 13.0 Å². The lowest BCUT2D eigenvalue weighted by Gasteiger charge is -2.07. The number of aliphatic hydroxyl groups is 1. The predicted molar refractivity (Wildman–Crippen MR) is 56.8 cm³/mol. The maximum atomic E-state index is 10.00.